The monoisotopic (exact) mass is 291 g/mol. The number of aliphatic carboxylic acids is 1. The van der Waals surface area contributed by atoms with Crippen molar-refractivity contribution in [2.24, 2.45) is 10.7 Å². The fourth-order valence-corrected chi connectivity index (χ4v) is 1.30. The second-order valence-electron chi connectivity index (χ2n) is 4.27. The molecule has 1 aromatic rings. The zero-order valence-electron chi connectivity index (χ0n) is 11.8. The van der Waals surface area contributed by atoms with E-state index in [-0.39, 0.29) is 12.4 Å². The van der Waals surface area contributed by atoms with Crippen molar-refractivity contribution in [2.75, 3.05) is 5.32 Å². The maximum absolute atomic E-state index is 10.7. The maximum Gasteiger partial charge on any atom is 0.320 e. The molecule has 1 rings (SSSR count). The third kappa shape index (κ3) is 5.87. The molecule has 0 amide bonds. The molecular formula is C12H17N7O2. The molecular weight excluding hydrogens is 274 g/mol. The molecule has 0 unspecified atom stereocenters. The van der Waals surface area contributed by atoms with E-state index < -0.39 is 12.0 Å². The van der Waals surface area contributed by atoms with Gasteiger partial charge in [0.1, 0.15) is 11.9 Å². The number of carboxylic acids is 1. The van der Waals surface area contributed by atoms with E-state index in [1.807, 2.05) is 0 Å². The second-order valence-corrected chi connectivity index (χ2v) is 4.27. The van der Waals surface area contributed by atoms with E-state index >= 15 is 0 Å². The van der Waals surface area contributed by atoms with Crippen molar-refractivity contribution >= 4 is 18.6 Å². The van der Waals surface area contributed by atoms with Crippen LogP contribution in [0.1, 0.15) is 19.2 Å². The van der Waals surface area contributed by atoms with E-state index in [1.165, 1.54) is 0 Å². The van der Waals surface area contributed by atoms with Gasteiger partial charge in [0.25, 0.3) is 5.95 Å². The summed E-state index contributed by atoms with van der Waals surface area (Å²) in [7, 11) is 0. The molecule has 112 valence electrons. The van der Waals surface area contributed by atoms with Gasteiger partial charge >= 0.3 is 5.97 Å². The second kappa shape index (κ2) is 7.80. The van der Waals surface area contributed by atoms with Gasteiger partial charge in [0.15, 0.2) is 5.82 Å². The number of nitrogens with one attached hydrogen (secondary N) is 1. The van der Waals surface area contributed by atoms with Gasteiger partial charge in [-0.25, -0.2) is 4.99 Å². The fourth-order valence-electron chi connectivity index (χ4n) is 1.30. The molecule has 0 aliphatic rings. The molecule has 9 heteroatoms. The summed E-state index contributed by atoms with van der Waals surface area (Å²) < 4.78 is 0. The molecule has 0 bridgehead atoms. The van der Waals surface area contributed by atoms with Gasteiger partial charge in [-0.2, -0.15) is 0 Å². The van der Waals surface area contributed by atoms with Crippen LogP contribution in [0.5, 0.6) is 0 Å². The molecule has 21 heavy (non-hydrogen) atoms. The number of anilines is 1. The highest BCUT2D eigenvalue weighted by molar-refractivity contribution is 5.73. The molecule has 4 N–H and O–H groups in total. The highest BCUT2D eigenvalue weighted by Gasteiger charge is 2.11. The number of aromatic nitrogens is 4. The standard InChI is InChI=1S/C12H17N7O2/c1-7(6-9(13)11(20)21)4-5-10(14-3)15-12-18-16-8(2)17-19-12/h4-5,9H,3,6,13H2,1-2H3,(H,20,21)(H,15,18,19)/b7-4+,10-5+/t9-/m0/s1. The summed E-state index contributed by atoms with van der Waals surface area (Å²) in [6.45, 7) is 6.86. The lowest BCUT2D eigenvalue weighted by atomic mass is 10.1. The minimum Gasteiger partial charge on any atom is -0.480 e. The SMILES string of the molecule is C=N/C(=C\C=C(/C)C[C@H](N)C(=O)O)Nc1nnc(C)nn1. The first-order chi connectivity index (χ1) is 9.92. The van der Waals surface area contributed by atoms with Crippen LogP contribution in [0.25, 0.3) is 0 Å². The van der Waals surface area contributed by atoms with Gasteiger partial charge in [-0.05, 0) is 33.1 Å². The average molecular weight is 291 g/mol. The Morgan fingerprint density at radius 1 is 1.43 bits per heavy atom. The van der Waals surface area contributed by atoms with Crippen molar-refractivity contribution in [3.8, 4) is 0 Å². The predicted molar refractivity (Wildman–Crippen MR) is 77.6 cm³/mol. The highest BCUT2D eigenvalue weighted by atomic mass is 16.4. The first-order valence-corrected chi connectivity index (χ1v) is 6.06. The number of carbonyl (C=O) groups is 1. The number of aliphatic imine (C=N–C) groups is 1. The molecule has 0 aliphatic carbocycles. The number of hydrogen-bond donors (Lipinski definition) is 3. The molecule has 1 heterocycles. The summed E-state index contributed by atoms with van der Waals surface area (Å²) in [5.41, 5.74) is 6.23. The first-order valence-electron chi connectivity index (χ1n) is 6.06. The molecule has 0 fully saturated rings. The Morgan fingerprint density at radius 2 is 2.05 bits per heavy atom. The van der Waals surface area contributed by atoms with E-state index in [2.05, 4.69) is 37.4 Å². The number of carboxylic acid groups (broad SMARTS) is 1. The average Bonchev–Trinajstić information content (AvgIpc) is 2.45. The smallest absolute Gasteiger partial charge is 0.320 e. The van der Waals surface area contributed by atoms with Crippen LogP contribution in [0.4, 0.5) is 5.95 Å². The third-order valence-corrected chi connectivity index (χ3v) is 2.37. The third-order valence-electron chi connectivity index (χ3n) is 2.37. The Hall–Kier alpha value is -2.68. The lowest BCUT2D eigenvalue weighted by molar-refractivity contribution is -0.138. The Balaban J connectivity index is 2.72. The summed E-state index contributed by atoms with van der Waals surface area (Å²) >= 11 is 0. The van der Waals surface area contributed by atoms with E-state index in [9.17, 15) is 4.79 Å². The van der Waals surface area contributed by atoms with Crippen LogP contribution >= 0.6 is 0 Å². The molecule has 1 aromatic heterocycles. The normalized spacial score (nSPS) is 13.7. The number of aryl methyl sites for hydroxylation is 1. The molecule has 0 saturated carbocycles. The van der Waals surface area contributed by atoms with Crippen molar-refractivity contribution in [2.45, 2.75) is 26.3 Å². The summed E-state index contributed by atoms with van der Waals surface area (Å²) in [6.07, 6.45) is 3.54. The summed E-state index contributed by atoms with van der Waals surface area (Å²) in [5, 5.41) is 26.6. The predicted octanol–water partition coefficient (Wildman–Crippen LogP) is 0.277. The fraction of sp³-hybridized carbons (Fsp3) is 0.333. The molecule has 0 aromatic carbocycles. The van der Waals surface area contributed by atoms with Gasteiger partial charge in [-0.15, -0.1) is 20.4 Å². The van der Waals surface area contributed by atoms with Crippen LogP contribution in [0.2, 0.25) is 0 Å². The first kappa shape index (κ1) is 16.4. The largest absolute Gasteiger partial charge is 0.480 e. The van der Waals surface area contributed by atoms with E-state index in [1.54, 1.807) is 26.0 Å². The van der Waals surface area contributed by atoms with Gasteiger partial charge in [-0.1, -0.05) is 11.6 Å². The number of nitrogens with two attached hydrogens (primary N) is 1. The van der Waals surface area contributed by atoms with Crippen molar-refractivity contribution in [3.05, 3.63) is 29.4 Å². The van der Waals surface area contributed by atoms with Crippen LogP contribution in [0.3, 0.4) is 0 Å². The van der Waals surface area contributed by atoms with Crippen molar-refractivity contribution in [3.63, 3.8) is 0 Å². The van der Waals surface area contributed by atoms with Crippen LogP contribution in [-0.2, 0) is 4.79 Å². The zero-order chi connectivity index (χ0) is 15.8. The Bertz CT molecular complexity index is 565. The van der Waals surface area contributed by atoms with Crippen molar-refractivity contribution < 1.29 is 9.90 Å². The molecule has 0 aliphatic heterocycles. The highest BCUT2D eigenvalue weighted by Crippen LogP contribution is 2.07. The van der Waals surface area contributed by atoms with E-state index in [4.69, 9.17) is 10.8 Å². The van der Waals surface area contributed by atoms with E-state index in [0.717, 1.165) is 5.57 Å². The summed E-state index contributed by atoms with van der Waals surface area (Å²) in [4.78, 5) is 14.4. The van der Waals surface area contributed by atoms with Gasteiger partial charge in [0.2, 0.25) is 0 Å². The molecule has 9 nitrogen and oxygen atoms in total. The minimum atomic E-state index is -1.04. The molecule has 0 saturated heterocycles. The quantitative estimate of drug-likeness (QED) is 0.480. The van der Waals surface area contributed by atoms with Crippen molar-refractivity contribution in [1.82, 2.24) is 20.4 Å². The van der Waals surface area contributed by atoms with Crippen LogP contribution in [0, 0.1) is 6.92 Å². The number of nitrogens with zero attached hydrogens (tertiary/aromatic N) is 5. The van der Waals surface area contributed by atoms with E-state index in [0.29, 0.717) is 11.6 Å². The Kier molecular flexibility index (Phi) is 6.08. The Morgan fingerprint density at radius 3 is 2.57 bits per heavy atom. The summed E-state index contributed by atoms with van der Waals surface area (Å²) in [6, 6.07) is -0.934. The lowest BCUT2D eigenvalue weighted by Gasteiger charge is -2.06. The molecule has 0 spiro atoms. The Labute approximate surface area is 121 Å². The van der Waals surface area contributed by atoms with Crippen molar-refractivity contribution in [1.29, 1.82) is 0 Å². The van der Waals surface area contributed by atoms with Gasteiger partial charge in [-0.3, -0.25) is 4.79 Å². The van der Waals surface area contributed by atoms with Crippen LogP contribution in [0.15, 0.2) is 28.5 Å². The molecule has 1 atom stereocenters. The zero-order valence-corrected chi connectivity index (χ0v) is 11.8. The molecule has 0 radical (unpaired) electrons. The number of allylic oxidation sites excluding steroid dienone is 2. The summed E-state index contributed by atoms with van der Waals surface area (Å²) in [5.74, 6) is -0.0218. The number of hydrogen-bond acceptors (Lipinski definition) is 8. The maximum atomic E-state index is 10.7. The van der Waals surface area contributed by atoms with Gasteiger partial charge in [0.05, 0.1) is 0 Å². The van der Waals surface area contributed by atoms with Gasteiger partial charge < -0.3 is 16.2 Å². The minimum absolute atomic E-state index is 0.188. The van der Waals surface area contributed by atoms with Gasteiger partial charge in [0, 0.05) is 0 Å². The van der Waals surface area contributed by atoms with Crippen LogP contribution in [-0.4, -0.2) is 44.2 Å². The topological polar surface area (TPSA) is 139 Å². The lowest BCUT2D eigenvalue weighted by Crippen LogP contribution is -2.30. The number of rotatable bonds is 7. The van der Waals surface area contributed by atoms with Crippen LogP contribution < -0.4 is 11.1 Å².